The topological polar surface area (TPSA) is 149 Å². The van der Waals surface area contributed by atoms with Gasteiger partial charge in [0, 0.05) is 16.1 Å². The van der Waals surface area contributed by atoms with Gasteiger partial charge >= 0.3 is 0 Å². The second-order valence-electron chi connectivity index (χ2n) is 7.10. The lowest BCUT2D eigenvalue weighted by Gasteiger charge is -2.23. The molecule has 0 saturated heterocycles. The first kappa shape index (κ1) is 21.7. The van der Waals surface area contributed by atoms with Crippen molar-refractivity contribution < 1.29 is 22.9 Å². The van der Waals surface area contributed by atoms with E-state index in [0.29, 0.717) is 0 Å². The first-order chi connectivity index (χ1) is 15.0. The van der Waals surface area contributed by atoms with E-state index in [-0.39, 0.29) is 37.4 Å². The van der Waals surface area contributed by atoms with Crippen LogP contribution in [-0.2, 0) is 10.0 Å². The van der Waals surface area contributed by atoms with Gasteiger partial charge in [-0.2, -0.15) is 0 Å². The molecule has 0 aliphatic heterocycles. The number of rotatable bonds is 4. The lowest BCUT2D eigenvalue weighted by atomic mass is 9.81. The molecule has 4 rings (SSSR count). The molecule has 32 heavy (non-hydrogen) atoms. The van der Waals surface area contributed by atoms with Gasteiger partial charge in [0.1, 0.15) is 5.56 Å². The van der Waals surface area contributed by atoms with Crippen molar-refractivity contribution in [1.29, 1.82) is 0 Å². The summed E-state index contributed by atoms with van der Waals surface area (Å²) in [5, 5.41) is 11.5. The van der Waals surface area contributed by atoms with Crippen molar-refractivity contribution in [2.75, 3.05) is 10.5 Å². The highest BCUT2D eigenvalue weighted by Gasteiger charge is 2.39. The minimum atomic E-state index is -4.15. The molecule has 0 unspecified atom stereocenters. The van der Waals surface area contributed by atoms with Gasteiger partial charge in [-0.25, -0.2) is 8.42 Å². The first-order valence-corrected chi connectivity index (χ1v) is 11.4. The maximum atomic E-state index is 13.4. The molecule has 0 radical (unpaired) electrons. The van der Waals surface area contributed by atoms with Gasteiger partial charge < -0.3 is 5.73 Å². The standard InChI is InChI=1S/C21H14BrN3O6S/c1-10-5-7-11(8-6-10)32(30,31)24-14-9-13(22)19(23)18-17(14)21(27)16-12(20(18)26)3-2-4-15(16)25(28)29/h2-9,24H,23H2,1H3. The van der Waals surface area contributed by atoms with Crippen LogP contribution in [0.3, 0.4) is 0 Å². The van der Waals surface area contributed by atoms with Crippen LogP contribution in [0.1, 0.15) is 37.4 Å². The molecule has 0 aromatic heterocycles. The van der Waals surface area contributed by atoms with Crippen molar-refractivity contribution in [3.8, 4) is 0 Å². The molecule has 0 amide bonds. The summed E-state index contributed by atoms with van der Waals surface area (Å²) in [7, 11) is -4.15. The number of benzene rings is 3. The van der Waals surface area contributed by atoms with Crippen molar-refractivity contribution in [2.45, 2.75) is 11.8 Å². The molecule has 0 saturated carbocycles. The molecule has 11 heteroatoms. The van der Waals surface area contributed by atoms with Crippen LogP contribution in [0.15, 0.2) is 57.9 Å². The summed E-state index contributed by atoms with van der Waals surface area (Å²) in [6.45, 7) is 1.80. The number of nitro groups is 1. The van der Waals surface area contributed by atoms with Gasteiger partial charge in [-0.3, -0.25) is 24.4 Å². The van der Waals surface area contributed by atoms with Crippen LogP contribution >= 0.6 is 15.9 Å². The smallest absolute Gasteiger partial charge is 0.281 e. The van der Waals surface area contributed by atoms with E-state index in [1.165, 1.54) is 30.3 Å². The summed E-state index contributed by atoms with van der Waals surface area (Å²) in [4.78, 5) is 37.2. The maximum absolute atomic E-state index is 13.4. The van der Waals surface area contributed by atoms with Crippen molar-refractivity contribution in [3.63, 3.8) is 0 Å². The summed E-state index contributed by atoms with van der Waals surface area (Å²) in [5.74, 6) is -1.59. The minimum absolute atomic E-state index is 0.0641. The molecule has 1 aliphatic carbocycles. The Morgan fingerprint density at radius 3 is 2.28 bits per heavy atom. The number of sulfonamides is 1. The highest BCUT2D eigenvalue weighted by molar-refractivity contribution is 9.10. The number of nitrogens with one attached hydrogen (secondary N) is 1. The summed E-state index contributed by atoms with van der Waals surface area (Å²) in [6.07, 6.45) is 0. The SMILES string of the molecule is Cc1ccc(S(=O)(=O)Nc2cc(Br)c(N)c3c2C(=O)c2c(cccc2[N+](=O)[O-])C3=O)cc1. The number of aryl methyl sites for hydroxylation is 1. The Labute approximate surface area is 190 Å². The molecular formula is C21H14BrN3O6S. The zero-order valence-corrected chi connectivity index (χ0v) is 18.8. The minimum Gasteiger partial charge on any atom is -0.397 e. The average Bonchev–Trinajstić information content (AvgIpc) is 2.74. The Kier molecular flexibility index (Phi) is 5.10. The number of hydrogen-bond acceptors (Lipinski definition) is 7. The number of nitrogen functional groups attached to an aromatic ring is 1. The van der Waals surface area contributed by atoms with Gasteiger partial charge in [-0.1, -0.05) is 23.8 Å². The first-order valence-electron chi connectivity index (χ1n) is 9.11. The molecule has 0 fully saturated rings. The quantitative estimate of drug-likeness (QED) is 0.238. The molecule has 3 N–H and O–H groups in total. The Balaban J connectivity index is 1.95. The van der Waals surface area contributed by atoms with Gasteiger partial charge in [0.25, 0.3) is 15.7 Å². The number of nitrogens with zero attached hydrogens (tertiary/aromatic N) is 1. The van der Waals surface area contributed by atoms with Crippen LogP contribution in [-0.4, -0.2) is 24.9 Å². The number of halogens is 1. The second-order valence-corrected chi connectivity index (χ2v) is 9.64. The van der Waals surface area contributed by atoms with E-state index in [2.05, 4.69) is 20.7 Å². The summed E-state index contributed by atoms with van der Waals surface area (Å²) in [5.41, 5.74) is 4.89. The number of nitro benzene ring substituents is 1. The largest absolute Gasteiger partial charge is 0.397 e. The summed E-state index contributed by atoms with van der Waals surface area (Å²) >= 11 is 3.19. The van der Waals surface area contributed by atoms with E-state index in [0.717, 1.165) is 11.6 Å². The van der Waals surface area contributed by atoms with E-state index in [1.54, 1.807) is 19.1 Å². The van der Waals surface area contributed by atoms with Crippen molar-refractivity contribution in [2.24, 2.45) is 0 Å². The van der Waals surface area contributed by atoms with Crippen LogP contribution in [0.4, 0.5) is 17.1 Å². The predicted octanol–water partition coefficient (Wildman–Crippen LogP) is 3.82. The third-order valence-corrected chi connectivity index (χ3v) is 7.10. The lowest BCUT2D eigenvalue weighted by Crippen LogP contribution is -2.26. The number of carbonyl (C=O) groups excluding carboxylic acids is 2. The molecule has 3 aromatic carbocycles. The highest BCUT2D eigenvalue weighted by Crippen LogP contribution is 2.42. The van der Waals surface area contributed by atoms with E-state index in [9.17, 15) is 28.1 Å². The number of carbonyl (C=O) groups is 2. The number of hydrogen-bond donors (Lipinski definition) is 2. The zero-order chi connectivity index (χ0) is 23.4. The number of nitrogens with two attached hydrogens (primary N) is 1. The van der Waals surface area contributed by atoms with Gasteiger partial charge in [0.15, 0.2) is 5.78 Å². The van der Waals surface area contributed by atoms with E-state index in [1.807, 2.05) is 0 Å². The Morgan fingerprint density at radius 1 is 1.00 bits per heavy atom. The van der Waals surface area contributed by atoms with Gasteiger partial charge in [0.05, 0.1) is 32.3 Å². The predicted molar refractivity (Wildman–Crippen MR) is 121 cm³/mol. The highest BCUT2D eigenvalue weighted by atomic mass is 79.9. The van der Waals surface area contributed by atoms with Crippen LogP contribution in [0.2, 0.25) is 0 Å². The van der Waals surface area contributed by atoms with Crippen molar-refractivity contribution >= 4 is 54.6 Å². The van der Waals surface area contributed by atoms with Crippen molar-refractivity contribution in [1.82, 2.24) is 0 Å². The third-order valence-electron chi connectivity index (χ3n) is 5.06. The van der Waals surface area contributed by atoms with Crippen LogP contribution in [0.25, 0.3) is 0 Å². The number of anilines is 2. The van der Waals surface area contributed by atoms with Gasteiger partial charge in [-0.05, 0) is 47.1 Å². The number of fused-ring (bicyclic) bond motifs is 2. The Morgan fingerprint density at radius 2 is 1.66 bits per heavy atom. The third kappa shape index (κ3) is 3.35. The van der Waals surface area contributed by atoms with Crippen molar-refractivity contribution in [3.05, 3.63) is 90.9 Å². The molecule has 0 spiro atoms. The maximum Gasteiger partial charge on any atom is 0.281 e. The normalized spacial score (nSPS) is 12.8. The lowest BCUT2D eigenvalue weighted by molar-refractivity contribution is -0.385. The fourth-order valence-corrected chi connectivity index (χ4v) is 5.01. The molecule has 3 aromatic rings. The van der Waals surface area contributed by atoms with Crippen LogP contribution in [0.5, 0.6) is 0 Å². The van der Waals surface area contributed by atoms with Crippen LogP contribution < -0.4 is 10.5 Å². The molecule has 0 bridgehead atoms. The number of ketones is 2. The fraction of sp³-hybridized carbons (Fsp3) is 0.0476. The second kappa shape index (κ2) is 7.53. The Hall–Kier alpha value is -3.57. The molecule has 162 valence electrons. The molecular weight excluding hydrogens is 502 g/mol. The summed E-state index contributed by atoms with van der Waals surface area (Å²) < 4.78 is 28.4. The Bertz CT molecular complexity index is 1450. The van der Waals surface area contributed by atoms with E-state index < -0.39 is 37.8 Å². The van der Waals surface area contributed by atoms with E-state index in [4.69, 9.17) is 5.73 Å². The molecule has 9 nitrogen and oxygen atoms in total. The fourth-order valence-electron chi connectivity index (χ4n) is 3.52. The molecule has 0 atom stereocenters. The van der Waals surface area contributed by atoms with Gasteiger partial charge in [-0.15, -0.1) is 0 Å². The average molecular weight is 516 g/mol. The van der Waals surface area contributed by atoms with Gasteiger partial charge in [0.2, 0.25) is 5.78 Å². The van der Waals surface area contributed by atoms with E-state index >= 15 is 0 Å². The van der Waals surface area contributed by atoms with Crippen LogP contribution in [0, 0.1) is 17.0 Å². The molecule has 0 heterocycles. The molecule has 1 aliphatic rings. The zero-order valence-electron chi connectivity index (χ0n) is 16.4. The summed E-state index contributed by atoms with van der Waals surface area (Å²) in [6, 6.07) is 10.9. The monoisotopic (exact) mass is 515 g/mol.